The molecule has 34 heavy (non-hydrogen) atoms. The molecule has 2 N–H and O–H groups in total. The van der Waals surface area contributed by atoms with E-state index in [1.54, 1.807) is 12.1 Å². The molecule has 0 radical (unpaired) electrons. The first-order chi connectivity index (χ1) is 15.6. The molecule has 1 aliphatic rings. The number of benzene rings is 1. The SMILES string of the molecule is C=C(O)C1=C(C(=C)O)C(=O)c2c(OCCC[N+](C)(C)C)ccc(OCCC[N+](C)(C)C)c2C1=O. The quantitative estimate of drug-likeness (QED) is 0.274. The van der Waals surface area contributed by atoms with Crippen molar-refractivity contribution >= 4 is 11.6 Å². The Hall–Kier alpha value is -3.10. The molecule has 8 nitrogen and oxygen atoms in total. The van der Waals surface area contributed by atoms with Gasteiger partial charge in [-0.3, -0.25) is 9.59 Å². The number of allylic oxidation sites excluding steroid dienone is 2. The Balaban J connectivity index is 2.47. The largest absolute Gasteiger partial charge is 0.508 e. The average molecular weight is 475 g/mol. The van der Waals surface area contributed by atoms with Crippen LogP contribution in [-0.2, 0) is 0 Å². The number of nitrogens with zero attached hydrogens (tertiary/aromatic N) is 2. The molecule has 0 aromatic heterocycles. The normalized spacial score (nSPS) is 14.2. The van der Waals surface area contributed by atoms with Crippen LogP contribution in [0.5, 0.6) is 11.5 Å². The highest BCUT2D eigenvalue weighted by molar-refractivity contribution is 6.31. The number of hydrogen-bond acceptors (Lipinski definition) is 6. The monoisotopic (exact) mass is 474 g/mol. The first-order valence-electron chi connectivity index (χ1n) is 11.3. The van der Waals surface area contributed by atoms with Gasteiger partial charge in [0.05, 0.1) is 90.9 Å². The third kappa shape index (κ3) is 6.71. The van der Waals surface area contributed by atoms with Crippen molar-refractivity contribution < 1.29 is 38.2 Å². The number of ether oxygens (including phenoxy) is 2. The lowest BCUT2D eigenvalue weighted by Crippen LogP contribution is -2.36. The molecule has 0 atom stereocenters. The second-order valence-electron chi connectivity index (χ2n) is 10.5. The average Bonchev–Trinajstić information content (AvgIpc) is 2.69. The van der Waals surface area contributed by atoms with Crippen LogP contribution < -0.4 is 9.47 Å². The number of ketones is 2. The molecule has 1 aliphatic carbocycles. The minimum Gasteiger partial charge on any atom is -0.508 e. The van der Waals surface area contributed by atoms with Gasteiger partial charge in [0.15, 0.2) is 0 Å². The van der Waals surface area contributed by atoms with E-state index in [9.17, 15) is 19.8 Å². The Bertz CT molecular complexity index is 944. The van der Waals surface area contributed by atoms with E-state index in [1.807, 2.05) is 0 Å². The van der Waals surface area contributed by atoms with Gasteiger partial charge < -0.3 is 28.7 Å². The Morgan fingerprint density at radius 1 is 0.735 bits per heavy atom. The van der Waals surface area contributed by atoms with Crippen molar-refractivity contribution in [2.75, 3.05) is 68.6 Å². The number of quaternary nitrogens is 2. The van der Waals surface area contributed by atoms with Crippen molar-refractivity contribution in [3.05, 3.63) is 59.1 Å². The molecule has 0 aliphatic heterocycles. The maximum absolute atomic E-state index is 13.4. The van der Waals surface area contributed by atoms with Gasteiger partial charge in [-0.25, -0.2) is 0 Å². The maximum atomic E-state index is 13.4. The van der Waals surface area contributed by atoms with E-state index in [1.165, 1.54) is 0 Å². The van der Waals surface area contributed by atoms with Crippen LogP contribution in [0.2, 0.25) is 0 Å². The summed E-state index contributed by atoms with van der Waals surface area (Å²) in [5.41, 5.74) is -0.782. The van der Waals surface area contributed by atoms with E-state index < -0.39 is 23.1 Å². The molecule has 0 heterocycles. The Labute approximate surface area is 202 Å². The molecule has 0 fully saturated rings. The molecule has 0 saturated heterocycles. The highest BCUT2D eigenvalue weighted by Gasteiger charge is 2.39. The molecule has 1 aromatic rings. The first-order valence-corrected chi connectivity index (χ1v) is 11.3. The number of rotatable bonds is 12. The summed E-state index contributed by atoms with van der Waals surface area (Å²) in [6.45, 7) is 9.20. The Morgan fingerprint density at radius 2 is 1.06 bits per heavy atom. The van der Waals surface area contributed by atoms with Crippen LogP contribution in [0.4, 0.5) is 0 Å². The zero-order valence-corrected chi connectivity index (χ0v) is 21.2. The van der Waals surface area contributed by atoms with Gasteiger partial charge in [-0.2, -0.15) is 0 Å². The van der Waals surface area contributed by atoms with E-state index in [0.29, 0.717) is 13.2 Å². The molecular formula is C26H38N2O6+2. The predicted molar refractivity (Wildman–Crippen MR) is 132 cm³/mol. The maximum Gasteiger partial charge on any atom is 0.202 e. The number of fused-ring (bicyclic) bond motifs is 1. The van der Waals surface area contributed by atoms with Gasteiger partial charge in [0, 0.05) is 12.8 Å². The number of aliphatic hydroxyl groups excluding tert-OH is 2. The van der Waals surface area contributed by atoms with Crippen LogP contribution in [0, 0.1) is 0 Å². The number of carbonyl (C=O) groups excluding carboxylic acids is 2. The second-order valence-corrected chi connectivity index (χ2v) is 10.5. The zero-order chi connectivity index (χ0) is 25.8. The summed E-state index contributed by atoms with van der Waals surface area (Å²) in [6, 6.07) is 3.20. The number of Topliss-reactive ketones (excluding diaryl/α,β-unsaturated/α-hetero) is 2. The Morgan fingerprint density at radius 3 is 1.32 bits per heavy atom. The van der Waals surface area contributed by atoms with Gasteiger partial charge in [0.1, 0.15) is 23.0 Å². The van der Waals surface area contributed by atoms with Crippen molar-refractivity contribution in [1.82, 2.24) is 0 Å². The molecule has 186 valence electrons. The van der Waals surface area contributed by atoms with Crippen LogP contribution in [-0.4, -0.2) is 99.3 Å². The van der Waals surface area contributed by atoms with Gasteiger partial charge in [-0.1, -0.05) is 13.2 Å². The van der Waals surface area contributed by atoms with Gasteiger partial charge in [0.25, 0.3) is 0 Å². The highest BCUT2D eigenvalue weighted by atomic mass is 16.5. The van der Waals surface area contributed by atoms with Crippen molar-refractivity contribution in [2.24, 2.45) is 0 Å². The third-order valence-corrected chi connectivity index (χ3v) is 5.33. The van der Waals surface area contributed by atoms with Crippen LogP contribution in [0.25, 0.3) is 0 Å². The van der Waals surface area contributed by atoms with Crippen molar-refractivity contribution in [1.29, 1.82) is 0 Å². The zero-order valence-electron chi connectivity index (χ0n) is 21.2. The summed E-state index contributed by atoms with van der Waals surface area (Å²) in [5, 5.41) is 20.1. The standard InChI is InChI=1S/C26H36N2O6/c1-17(29)21-22(18(2)30)26(32)24-20(34-16-10-14-28(6,7)8)12-11-19(23(24)25(21)31)33-15-9-13-27(3,4)5/h11-12H,1-2,9-10,13-16H2,3-8H3/p+2. The lowest BCUT2D eigenvalue weighted by molar-refractivity contribution is -0.870. The summed E-state index contributed by atoms with van der Waals surface area (Å²) in [5.74, 6) is -2.17. The fraction of sp³-hybridized carbons (Fsp3) is 0.462. The third-order valence-electron chi connectivity index (χ3n) is 5.33. The lowest BCUT2D eigenvalue weighted by Gasteiger charge is -2.26. The minimum absolute atomic E-state index is 0.00505. The predicted octanol–water partition coefficient (Wildman–Crippen LogP) is 3.46. The van der Waals surface area contributed by atoms with E-state index in [-0.39, 0.29) is 33.8 Å². The van der Waals surface area contributed by atoms with Crippen LogP contribution in [0.3, 0.4) is 0 Å². The molecule has 0 spiro atoms. The lowest BCUT2D eigenvalue weighted by atomic mass is 9.81. The molecule has 1 aromatic carbocycles. The van der Waals surface area contributed by atoms with E-state index in [2.05, 4.69) is 55.4 Å². The smallest absolute Gasteiger partial charge is 0.202 e. The summed E-state index contributed by atoms with van der Waals surface area (Å²) >= 11 is 0. The molecule has 8 heteroatoms. The van der Waals surface area contributed by atoms with Crippen molar-refractivity contribution in [3.8, 4) is 11.5 Å². The number of carbonyl (C=O) groups is 2. The molecule has 2 rings (SSSR count). The minimum atomic E-state index is -0.675. The molecular weight excluding hydrogens is 436 g/mol. The molecule has 0 saturated carbocycles. The summed E-state index contributed by atoms with van der Waals surface area (Å²) in [7, 11) is 12.4. The van der Waals surface area contributed by atoms with Gasteiger partial charge >= 0.3 is 0 Å². The van der Waals surface area contributed by atoms with Gasteiger partial charge in [0.2, 0.25) is 11.6 Å². The van der Waals surface area contributed by atoms with E-state index in [4.69, 9.17) is 9.47 Å². The molecule has 0 bridgehead atoms. The molecule has 0 amide bonds. The molecule has 0 unspecified atom stereocenters. The number of hydrogen-bond donors (Lipinski definition) is 2. The van der Waals surface area contributed by atoms with E-state index >= 15 is 0 Å². The summed E-state index contributed by atoms with van der Waals surface area (Å²) < 4.78 is 13.3. The van der Waals surface area contributed by atoms with E-state index in [0.717, 1.165) is 34.9 Å². The van der Waals surface area contributed by atoms with Crippen molar-refractivity contribution in [3.63, 3.8) is 0 Å². The number of aliphatic hydroxyl groups is 2. The first kappa shape index (κ1) is 27.1. The van der Waals surface area contributed by atoms with Gasteiger partial charge in [-0.15, -0.1) is 0 Å². The topological polar surface area (TPSA) is 93.1 Å². The van der Waals surface area contributed by atoms with Gasteiger partial charge in [-0.05, 0) is 12.1 Å². The van der Waals surface area contributed by atoms with Crippen LogP contribution >= 0.6 is 0 Å². The fourth-order valence-corrected chi connectivity index (χ4v) is 3.73. The van der Waals surface area contributed by atoms with Crippen LogP contribution in [0.15, 0.2) is 48.0 Å². The fourth-order valence-electron chi connectivity index (χ4n) is 3.73. The second kappa shape index (κ2) is 10.4. The summed E-state index contributed by atoms with van der Waals surface area (Å²) in [6.07, 6.45) is 1.47. The Kier molecular flexibility index (Phi) is 8.34. The van der Waals surface area contributed by atoms with Crippen LogP contribution in [0.1, 0.15) is 33.6 Å². The summed E-state index contributed by atoms with van der Waals surface area (Å²) in [4.78, 5) is 26.8. The van der Waals surface area contributed by atoms with Crippen molar-refractivity contribution in [2.45, 2.75) is 12.8 Å². The highest BCUT2D eigenvalue weighted by Crippen LogP contribution is 2.41.